The van der Waals surface area contributed by atoms with Gasteiger partial charge >= 0.3 is 0 Å². The van der Waals surface area contributed by atoms with Crippen molar-refractivity contribution >= 4 is 29.1 Å². The van der Waals surface area contributed by atoms with Crippen molar-refractivity contribution < 1.29 is 14.7 Å². The molecule has 0 fully saturated rings. The van der Waals surface area contributed by atoms with Gasteiger partial charge in [0.15, 0.2) is 0 Å². The van der Waals surface area contributed by atoms with Crippen molar-refractivity contribution in [3.05, 3.63) is 64.7 Å². The molecule has 1 atom stereocenters. The van der Waals surface area contributed by atoms with Crippen LogP contribution in [-0.2, 0) is 10.4 Å². The Balaban J connectivity index is 2.11. The smallest absolute Gasteiger partial charge is 0.252 e. The summed E-state index contributed by atoms with van der Waals surface area (Å²) in [5.41, 5.74) is 0.0717. The average molecular weight is 347 g/mol. The molecule has 0 spiro atoms. The van der Waals surface area contributed by atoms with Crippen molar-refractivity contribution in [2.24, 2.45) is 0 Å². The monoisotopic (exact) mass is 346 g/mol. The minimum absolute atomic E-state index is 0.116. The van der Waals surface area contributed by atoms with Crippen molar-refractivity contribution in [3.8, 4) is 0 Å². The minimum atomic E-state index is -1.29. The molecule has 0 aliphatic rings. The standard InChI is InChI=1S/C18H19ClN2O3/c1-18(24,12-6-4-3-5-7-12)11-16(22)21-13-8-9-15(19)14(10-13)17(23)20-2/h3-10,24H,11H2,1-2H3,(H,20,23)(H,21,22). The third-order valence-electron chi connectivity index (χ3n) is 3.62. The quantitative estimate of drug-likeness (QED) is 0.778. The van der Waals surface area contributed by atoms with Gasteiger partial charge in [-0.05, 0) is 30.7 Å². The third-order valence-corrected chi connectivity index (χ3v) is 3.95. The predicted octanol–water partition coefficient (Wildman–Crippen LogP) is 2.94. The molecule has 2 rings (SSSR count). The third kappa shape index (κ3) is 4.34. The molecule has 0 heterocycles. The van der Waals surface area contributed by atoms with E-state index < -0.39 is 5.60 Å². The number of aliphatic hydroxyl groups is 1. The van der Waals surface area contributed by atoms with Crippen LogP contribution in [0.1, 0.15) is 29.3 Å². The maximum atomic E-state index is 12.2. The van der Waals surface area contributed by atoms with Gasteiger partial charge in [-0.3, -0.25) is 9.59 Å². The number of carbonyl (C=O) groups is 2. The van der Waals surface area contributed by atoms with E-state index in [2.05, 4.69) is 10.6 Å². The normalized spacial score (nSPS) is 13.0. The first-order valence-corrected chi connectivity index (χ1v) is 7.80. The molecule has 0 bridgehead atoms. The van der Waals surface area contributed by atoms with Gasteiger partial charge in [-0.15, -0.1) is 0 Å². The Morgan fingerprint density at radius 1 is 1.17 bits per heavy atom. The molecular formula is C18H19ClN2O3. The van der Waals surface area contributed by atoms with Gasteiger partial charge in [0.1, 0.15) is 0 Å². The molecule has 6 heteroatoms. The molecule has 24 heavy (non-hydrogen) atoms. The van der Waals surface area contributed by atoms with E-state index in [1.165, 1.54) is 19.2 Å². The van der Waals surface area contributed by atoms with E-state index in [1.54, 1.807) is 37.3 Å². The van der Waals surface area contributed by atoms with Crippen LogP contribution in [-0.4, -0.2) is 24.0 Å². The Morgan fingerprint density at radius 3 is 2.46 bits per heavy atom. The van der Waals surface area contributed by atoms with Crippen LogP contribution < -0.4 is 10.6 Å². The van der Waals surface area contributed by atoms with Crippen molar-refractivity contribution in [2.75, 3.05) is 12.4 Å². The molecule has 1 unspecified atom stereocenters. The largest absolute Gasteiger partial charge is 0.385 e. The zero-order valence-electron chi connectivity index (χ0n) is 13.5. The van der Waals surface area contributed by atoms with Gasteiger partial charge in [-0.1, -0.05) is 41.9 Å². The molecule has 2 aromatic carbocycles. The van der Waals surface area contributed by atoms with Crippen LogP contribution in [0.3, 0.4) is 0 Å². The van der Waals surface area contributed by atoms with E-state index in [4.69, 9.17) is 11.6 Å². The Morgan fingerprint density at radius 2 is 1.83 bits per heavy atom. The van der Waals surface area contributed by atoms with Gasteiger partial charge in [-0.25, -0.2) is 0 Å². The van der Waals surface area contributed by atoms with Gasteiger partial charge in [0, 0.05) is 12.7 Å². The highest BCUT2D eigenvalue weighted by atomic mass is 35.5. The Labute approximate surface area is 145 Å². The van der Waals surface area contributed by atoms with Crippen molar-refractivity contribution in [3.63, 3.8) is 0 Å². The topological polar surface area (TPSA) is 78.4 Å². The highest BCUT2D eigenvalue weighted by Crippen LogP contribution is 2.25. The molecule has 2 aromatic rings. The molecule has 0 saturated carbocycles. The molecular weight excluding hydrogens is 328 g/mol. The summed E-state index contributed by atoms with van der Waals surface area (Å²) in [5.74, 6) is -0.707. The number of hydrogen-bond acceptors (Lipinski definition) is 3. The van der Waals surface area contributed by atoms with Crippen LogP contribution in [0.15, 0.2) is 48.5 Å². The second-order valence-corrected chi connectivity index (χ2v) is 6.05. The fourth-order valence-electron chi connectivity index (χ4n) is 2.33. The van der Waals surface area contributed by atoms with Crippen LogP contribution in [0.4, 0.5) is 5.69 Å². The Kier molecular flexibility index (Phi) is 5.59. The van der Waals surface area contributed by atoms with Crippen LogP contribution in [0, 0.1) is 0 Å². The lowest BCUT2D eigenvalue weighted by Gasteiger charge is -2.23. The van der Waals surface area contributed by atoms with E-state index in [0.29, 0.717) is 16.3 Å². The number of nitrogens with one attached hydrogen (secondary N) is 2. The van der Waals surface area contributed by atoms with Crippen LogP contribution in [0.25, 0.3) is 0 Å². The molecule has 5 nitrogen and oxygen atoms in total. The number of anilines is 1. The van der Waals surface area contributed by atoms with Crippen molar-refractivity contribution in [1.82, 2.24) is 5.32 Å². The molecule has 0 radical (unpaired) electrons. The van der Waals surface area contributed by atoms with Gasteiger partial charge < -0.3 is 15.7 Å². The molecule has 0 aromatic heterocycles. The number of benzene rings is 2. The van der Waals surface area contributed by atoms with E-state index >= 15 is 0 Å². The predicted molar refractivity (Wildman–Crippen MR) is 94.1 cm³/mol. The van der Waals surface area contributed by atoms with Gasteiger partial charge in [0.05, 0.1) is 22.6 Å². The van der Waals surface area contributed by atoms with Gasteiger partial charge in [0.2, 0.25) is 5.91 Å². The lowest BCUT2D eigenvalue weighted by molar-refractivity contribution is -0.120. The first kappa shape index (κ1) is 18.0. The van der Waals surface area contributed by atoms with Crippen LogP contribution in [0.2, 0.25) is 5.02 Å². The summed E-state index contributed by atoms with van der Waals surface area (Å²) in [4.78, 5) is 24.0. The zero-order valence-corrected chi connectivity index (χ0v) is 14.2. The van der Waals surface area contributed by atoms with Gasteiger partial charge in [0.25, 0.3) is 5.91 Å². The summed E-state index contributed by atoms with van der Waals surface area (Å²) in [5, 5.41) is 16.0. The fourth-order valence-corrected chi connectivity index (χ4v) is 2.53. The lowest BCUT2D eigenvalue weighted by atomic mass is 9.92. The maximum Gasteiger partial charge on any atom is 0.252 e. The van der Waals surface area contributed by atoms with E-state index in [9.17, 15) is 14.7 Å². The van der Waals surface area contributed by atoms with E-state index in [0.717, 1.165) is 0 Å². The van der Waals surface area contributed by atoms with Crippen molar-refractivity contribution in [2.45, 2.75) is 18.9 Å². The molecule has 126 valence electrons. The first-order chi connectivity index (χ1) is 11.3. The second kappa shape index (κ2) is 7.47. The molecule has 0 aliphatic heterocycles. The minimum Gasteiger partial charge on any atom is -0.385 e. The summed E-state index contributed by atoms with van der Waals surface area (Å²) in [6, 6.07) is 13.6. The number of rotatable bonds is 5. The second-order valence-electron chi connectivity index (χ2n) is 5.64. The Bertz CT molecular complexity index is 745. The summed E-state index contributed by atoms with van der Waals surface area (Å²) >= 11 is 5.98. The van der Waals surface area contributed by atoms with Crippen molar-refractivity contribution in [1.29, 1.82) is 0 Å². The zero-order chi connectivity index (χ0) is 17.7. The molecule has 0 aliphatic carbocycles. The Hall–Kier alpha value is -2.37. The SMILES string of the molecule is CNC(=O)c1cc(NC(=O)CC(C)(O)c2ccccc2)ccc1Cl. The number of halogens is 1. The van der Waals surface area contributed by atoms with E-state index in [-0.39, 0.29) is 23.8 Å². The number of carbonyl (C=O) groups excluding carboxylic acids is 2. The van der Waals surface area contributed by atoms with Crippen LogP contribution >= 0.6 is 11.6 Å². The van der Waals surface area contributed by atoms with Crippen LogP contribution in [0.5, 0.6) is 0 Å². The van der Waals surface area contributed by atoms with E-state index in [1.807, 2.05) is 6.07 Å². The molecule has 2 amide bonds. The molecule has 0 saturated heterocycles. The fraction of sp³-hybridized carbons (Fsp3) is 0.222. The maximum absolute atomic E-state index is 12.2. The highest BCUT2D eigenvalue weighted by Gasteiger charge is 2.26. The first-order valence-electron chi connectivity index (χ1n) is 7.43. The highest BCUT2D eigenvalue weighted by molar-refractivity contribution is 6.34. The summed E-state index contributed by atoms with van der Waals surface area (Å²) in [7, 11) is 1.50. The number of amides is 2. The summed E-state index contributed by atoms with van der Waals surface area (Å²) in [6.07, 6.45) is -0.116. The average Bonchev–Trinajstić information content (AvgIpc) is 2.56. The summed E-state index contributed by atoms with van der Waals surface area (Å²) < 4.78 is 0. The lowest BCUT2D eigenvalue weighted by Crippen LogP contribution is -2.28. The molecule has 3 N–H and O–H groups in total. The number of hydrogen-bond donors (Lipinski definition) is 3. The van der Waals surface area contributed by atoms with Gasteiger partial charge in [-0.2, -0.15) is 0 Å². The summed E-state index contributed by atoms with van der Waals surface area (Å²) in [6.45, 7) is 1.58.